The normalized spacial score (nSPS) is 11.7. The Morgan fingerprint density at radius 1 is 1.19 bits per heavy atom. The van der Waals surface area contributed by atoms with Crippen molar-refractivity contribution in [3.05, 3.63) is 70.4 Å². The molecule has 9 heteroatoms. The number of ether oxygens (including phenoxy) is 1. The molecule has 0 saturated carbocycles. The molecule has 1 N–H and O–H groups in total. The molecule has 0 amide bonds. The number of alkyl halides is 3. The van der Waals surface area contributed by atoms with Crippen molar-refractivity contribution in [3.8, 4) is 17.2 Å². The van der Waals surface area contributed by atoms with Gasteiger partial charge < -0.3 is 14.3 Å². The second-order valence-electron chi connectivity index (χ2n) is 6.88. The molecule has 0 aliphatic heterocycles. The highest BCUT2D eigenvalue weighted by Gasteiger charge is 2.30. The topological polar surface area (TPSA) is 72.6 Å². The zero-order valence-corrected chi connectivity index (χ0v) is 17.0. The average molecular weight is 447 g/mol. The fourth-order valence-corrected chi connectivity index (χ4v) is 4.08. The van der Waals surface area contributed by atoms with Crippen molar-refractivity contribution in [2.24, 2.45) is 0 Å². The third-order valence-corrected chi connectivity index (χ3v) is 5.69. The molecule has 0 aliphatic rings. The summed E-state index contributed by atoms with van der Waals surface area (Å²) in [7, 11) is 0. The number of thiophene rings is 1. The maximum atomic E-state index is 12.7. The predicted octanol–water partition coefficient (Wildman–Crippen LogP) is 6.09. The SMILES string of the molecule is Cc1oc(-c2ccc(C(F)(F)F)cc2)nc1COc1ccc2c(CC(=O)O)csc2c1. The van der Waals surface area contributed by atoms with Crippen LogP contribution in [0.25, 0.3) is 21.5 Å². The smallest absolute Gasteiger partial charge is 0.416 e. The van der Waals surface area contributed by atoms with Gasteiger partial charge in [0.05, 0.1) is 12.0 Å². The third-order valence-electron chi connectivity index (χ3n) is 4.70. The molecule has 0 spiro atoms. The Labute approximate surface area is 178 Å². The number of hydrogen-bond donors (Lipinski definition) is 1. The summed E-state index contributed by atoms with van der Waals surface area (Å²) in [4.78, 5) is 15.3. The van der Waals surface area contributed by atoms with Gasteiger partial charge in [-0.2, -0.15) is 13.2 Å². The quantitative estimate of drug-likeness (QED) is 0.387. The van der Waals surface area contributed by atoms with E-state index < -0.39 is 17.7 Å². The van der Waals surface area contributed by atoms with Crippen LogP contribution < -0.4 is 4.74 Å². The van der Waals surface area contributed by atoms with Crippen molar-refractivity contribution in [2.75, 3.05) is 0 Å². The van der Waals surface area contributed by atoms with Crippen LogP contribution in [0.2, 0.25) is 0 Å². The first-order valence-corrected chi connectivity index (χ1v) is 10.1. The van der Waals surface area contributed by atoms with Crippen LogP contribution in [0.3, 0.4) is 0 Å². The lowest BCUT2D eigenvalue weighted by Gasteiger charge is -2.06. The number of carboxylic acids is 1. The van der Waals surface area contributed by atoms with Crippen molar-refractivity contribution < 1.29 is 32.2 Å². The summed E-state index contributed by atoms with van der Waals surface area (Å²) in [5.41, 5.74) is 0.993. The van der Waals surface area contributed by atoms with Crippen LogP contribution in [-0.4, -0.2) is 16.1 Å². The number of hydrogen-bond acceptors (Lipinski definition) is 5. The lowest BCUT2D eigenvalue weighted by molar-refractivity contribution is -0.138. The molecular weight excluding hydrogens is 431 g/mol. The molecule has 160 valence electrons. The second-order valence-corrected chi connectivity index (χ2v) is 7.79. The average Bonchev–Trinajstić information content (AvgIpc) is 3.28. The van der Waals surface area contributed by atoms with Gasteiger partial charge in [-0.1, -0.05) is 0 Å². The summed E-state index contributed by atoms with van der Waals surface area (Å²) < 4.78 is 50.5. The van der Waals surface area contributed by atoms with Gasteiger partial charge in [-0.25, -0.2) is 4.98 Å². The number of aliphatic carboxylic acids is 1. The highest BCUT2D eigenvalue weighted by atomic mass is 32.1. The van der Waals surface area contributed by atoms with E-state index >= 15 is 0 Å². The monoisotopic (exact) mass is 447 g/mol. The van der Waals surface area contributed by atoms with Crippen molar-refractivity contribution >= 4 is 27.4 Å². The number of oxazole rings is 1. The van der Waals surface area contributed by atoms with Gasteiger partial charge in [0.1, 0.15) is 23.8 Å². The van der Waals surface area contributed by atoms with E-state index in [4.69, 9.17) is 14.3 Å². The van der Waals surface area contributed by atoms with Crippen LogP contribution in [0, 0.1) is 6.92 Å². The number of fused-ring (bicyclic) bond motifs is 1. The fourth-order valence-electron chi connectivity index (χ4n) is 3.09. The molecule has 2 aromatic heterocycles. The number of carboxylic acid groups (broad SMARTS) is 1. The Hall–Kier alpha value is -3.33. The van der Waals surface area contributed by atoms with E-state index in [1.807, 2.05) is 17.5 Å². The largest absolute Gasteiger partial charge is 0.487 e. The molecule has 0 radical (unpaired) electrons. The van der Waals surface area contributed by atoms with Gasteiger partial charge in [0.2, 0.25) is 5.89 Å². The van der Waals surface area contributed by atoms with Gasteiger partial charge in [-0.3, -0.25) is 4.79 Å². The Morgan fingerprint density at radius 2 is 1.94 bits per heavy atom. The number of aromatic nitrogens is 1. The van der Waals surface area contributed by atoms with E-state index in [2.05, 4.69) is 4.98 Å². The van der Waals surface area contributed by atoms with Crippen molar-refractivity contribution in [1.29, 1.82) is 0 Å². The number of rotatable bonds is 6. The zero-order valence-electron chi connectivity index (χ0n) is 16.2. The molecule has 2 heterocycles. The highest BCUT2D eigenvalue weighted by Crippen LogP contribution is 2.32. The minimum absolute atomic E-state index is 0.0366. The van der Waals surface area contributed by atoms with Crippen molar-refractivity contribution in [2.45, 2.75) is 26.1 Å². The van der Waals surface area contributed by atoms with E-state index in [1.54, 1.807) is 13.0 Å². The molecule has 31 heavy (non-hydrogen) atoms. The summed E-state index contributed by atoms with van der Waals surface area (Å²) >= 11 is 1.44. The molecule has 0 fully saturated rings. The third kappa shape index (κ3) is 4.56. The molecule has 0 atom stereocenters. The van der Waals surface area contributed by atoms with E-state index in [1.165, 1.54) is 23.5 Å². The standard InChI is InChI=1S/C22H16F3NO4S/c1-12-18(26-21(30-12)13-2-4-15(5-3-13)22(23,24)25)10-29-16-6-7-17-14(8-20(27)28)11-31-19(17)9-16/h2-7,9,11H,8,10H2,1H3,(H,27,28). The van der Waals surface area contributed by atoms with Crippen LogP contribution in [-0.2, 0) is 24.0 Å². The van der Waals surface area contributed by atoms with E-state index in [-0.39, 0.29) is 18.9 Å². The van der Waals surface area contributed by atoms with Gasteiger partial charge in [0, 0.05) is 10.3 Å². The van der Waals surface area contributed by atoms with E-state index in [0.29, 0.717) is 22.8 Å². The molecule has 0 aliphatic carbocycles. The highest BCUT2D eigenvalue weighted by molar-refractivity contribution is 7.17. The lowest BCUT2D eigenvalue weighted by Crippen LogP contribution is -2.04. The molecule has 4 rings (SSSR count). The van der Waals surface area contributed by atoms with Gasteiger partial charge in [-0.05, 0) is 65.7 Å². The summed E-state index contributed by atoms with van der Waals surface area (Å²) in [6.45, 7) is 1.83. The minimum Gasteiger partial charge on any atom is -0.487 e. The molecular formula is C22H16F3NO4S. The number of halogens is 3. The summed E-state index contributed by atoms with van der Waals surface area (Å²) in [6, 6.07) is 10.0. The molecule has 0 unspecified atom stereocenters. The zero-order chi connectivity index (χ0) is 22.2. The summed E-state index contributed by atoms with van der Waals surface area (Å²) in [5.74, 6) is 0.438. The summed E-state index contributed by atoms with van der Waals surface area (Å²) in [6.07, 6.45) is -4.44. The number of carbonyl (C=O) groups is 1. The van der Waals surface area contributed by atoms with Gasteiger partial charge in [0.15, 0.2) is 0 Å². The Kier molecular flexibility index (Phi) is 5.45. The second kappa shape index (κ2) is 8.07. The van der Waals surface area contributed by atoms with Crippen LogP contribution in [0.5, 0.6) is 5.75 Å². The van der Waals surface area contributed by atoms with Crippen molar-refractivity contribution in [1.82, 2.24) is 4.98 Å². The van der Waals surface area contributed by atoms with Crippen LogP contribution in [0.15, 0.2) is 52.3 Å². The first-order chi connectivity index (χ1) is 14.7. The van der Waals surface area contributed by atoms with Crippen molar-refractivity contribution in [3.63, 3.8) is 0 Å². The number of benzene rings is 2. The van der Waals surface area contributed by atoms with E-state index in [0.717, 1.165) is 27.8 Å². The van der Waals surface area contributed by atoms with Crippen LogP contribution >= 0.6 is 11.3 Å². The first kappa shape index (κ1) is 20.9. The summed E-state index contributed by atoms with van der Waals surface area (Å²) in [5, 5.41) is 11.7. The van der Waals surface area contributed by atoms with Gasteiger partial charge >= 0.3 is 12.1 Å². The molecule has 2 aromatic carbocycles. The molecule has 0 bridgehead atoms. The molecule has 0 saturated heterocycles. The van der Waals surface area contributed by atoms with E-state index in [9.17, 15) is 18.0 Å². The van der Waals surface area contributed by atoms with Crippen LogP contribution in [0.1, 0.15) is 22.6 Å². The maximum Gasteiger partial charge on any atom is 0.416 e. The molecule has 5 nitrogen and oxygen atoms in total. The first-order valence-electron chi connectivity index (χ1n) is 9.19. The Balaban J connectivity index is 1.48. The lowest BCUT2D eigenvalue weighted by atomic mass is 10.1. The minimum atomic E-state index is -4.40. The number of aryl methyl sites for hydroxylation is 1. The van der Waals surface area contributed by atoms with Crippen LogP contribution in [0.4, 0.5) is 13.2 Å². The maximum absolute atomic E-state index is 12.7. The molecule has 4 aromatic rings. The fraction of sp³-hybridized carbons (Fsp3) is 0.182. The predicted molar refractivity (Wildman–Crippen MR) is 109 cm³/mol. The Bertz CT molecular complexity index is 1240. The van der Waals surface area contributed by atoms with Gasteiger partial charge in [0.25, 0.3) is 0 Å². The Morgan fingerprint density at radius 3 is 2.61 bits per heavy atom. The van der Waals surface area contributed by atoms with Gasteiger partial charge in [-0.15, -0.1) is 11.3 Å². The number of nitrogens with zero attached hydrogens (tertiary/aromatic N) is 1.